The first-order valence-corrected chi connectivity index (χ1v) is 9.57. The summed E-state index contributed by atoms with van der Waals surface area (Å²) in [5.74, 6) is 2.18. The zero-order valence-corrected chi connectivity index (χ0v) is 16.4. The minimum Gasteiger partial charge on any atom is -0.497 e. The number of ether oxygens (including phenoxy) is 2. The molecule has 7 nitrogen and oxygen atoms in total. The number of nitrogens with one attached hydrogen (secondary N) is 1. The van der Waals surface area contributed by atoms with E-state index < -0.39 is 0 Å². The van der Waals surface area contributed by atoms with Crippen LogP contribution in [0.3, 0.4) is 0 Å². The molecule has 1 saturated carbocycles. The normalized spacial score (nSPS) is 14.3. The maximum absolute atomic E-state index is 12.4. The summed E-state index contributed by atoms with van der Waals surface area (Å²) in [5.41, 5.74) is 1.79. The summed E-state index contributed by atoms with van der Waals surface area (Å²) in [6.45, 7) is 0. The SMILES string of the molecule is COc1cc(OC)cc(-c2noc([C@@H](Cc3ccccc3)NC(=O)C3CC3)n2)c1. The van der Waals surface area contributed by atoms with Gasteiger partial charge in [0.2, 0.25) is 17.6 Å². The minimum atomic E-state index is -0.390. The molecule has 0 saturated heterocycles. The van der Waals surface area contributed by atoms with Gasteiger partial charge in [-0.3, -0.25) is 4.79 Å². The van der Waals surface area contributed by atoms with Gasteiger partial charge in [0.05, 0.1) is 14.2 Å². The summed E-state index contributed by atoms with van der Waals surface area (Å²) in [6.07, 6.45) is 2.44. The molecule has 1 N–H and O–H groups in total. The topological polar surface area (TPSA) is 86.5 Å². The maximum atomic E-state index is 12.4. The van der Waals surface area contributed by atoms with Gasteiger partial charge >= 0.3 is 0 Å². The molecule has 3 aromatic rings. The van der Waals surface area contributed by atoms with Gasteiger partial charge in [0.15, 0.2) is 0 Å². The Hall–Kier alpha value is -3.35. The van der Waals surface area contributed by atoms with Gasteiger partial charge in [0.25, 0.3) is 0 Å². The van der Waals surface area contributed by atoms with E-state index in [1.54, 1.807) is 20.3 Å². The van der Waals surface area contributed by atoms with Crippen LogP contribution in [0.25, 0.3) is 11.4 Å². The summed E-state index contributed by atoms with van der Waals surface area (Å²) < 4.78 is 16.2. The van der Waals surface area contributed by atoms with Gasteiger partial charge < -0.3 is 19.3 Å². The predicted molar refractivity (Wildman–Crippen MR) is 107 cm³/mol. The average molecular weight is 393 g/mol. The van der Waals surface area contributed by atoms with Crippen molar-refractivity contribution in [3.63, 3.8) is 0 Å². The van der Waals surface area contributed by atoms with E-state index in [1.165, 1.54) is 0 Å². The van der Waals surface area contributed by atoms with Gasteiger partial charge in [0.1, 0.15) is 17.5 Å². The van der Waals surface area contributed by atoms with E-state index in [0.717, 1.165) is 18.4 Å². The number of amides is 1. The zero-order chi connectivity index (χ0) is 20.2. The van der Waals surface area contributed by atoms with Crippen LogP contribution in [0.1, 0.15) is 30.3 Å². The first kappa shape index (κ1) is 19.0. The van der Waals surface area contributed by atoms with Crippen LogP contribution < -0.4 is 14.8 Å². The number of benzene rings is 2. The monoisotopic (exact) mass is 393 g/mol. The highest BCUT2D eigenvalue weighted by atomic mass is 16.5. The first-order valence-electron chi connectivity index (χ1n) is 9.57. The molecule has 0 bridgehead atoms. The van der Waals surface area contributed by atoms with Crippen molar-refractivity contribution in [3.8, 4) is 22.9 Å². The molecule has 1 amide bonds. The van der Waals surface area contributed by atoms with Crippen molar-refractivity contribution in [2.75, 3.05) is 14.2 Å². The van der Waals surface area contributed by atoms with Crippen molar-refractivity contribution in [1.29, 1.82) is 0 Å². The molecule has 1 atom stereocenters. The van der Waals surface area contributed by atoms with Gasteiger partial charge in [-0.1, -0.05) is 35.5 Å². The lowest BCUT2D eigenvalue weighted by Gasteiger charge is -2.15. The molecule has 0 spiro atoms. The van der Waals surface area contributed by atoms with Crippen molar-refractivity contribution < 1.29 is 18.8 Å². The number of nitrogens with zero attached hydrogens (tertiary/aromatic N) is 2. The lowest BCUT2D eigenvalue weighted by molar-refractivity contribution is -0.123. The van der Waals surface area contributed by atoms with Crippen LogP contribution in [0.2, 0.25) is 0 Å². The van der Waals surface area contributed by atoms with E-state index in [2.05, 4.69) is 15.5 Å². The summed E-state index contributed by atoms with van der Waals surface area (Å²) >= 11 is 0. The summed E-state index contributed by atoms with van der Waals surface area (Å²) in [7, 11) is 3.17. The van der Waals surface area contributed by atoms with Crippen LogP contribution in [-0.4, -0.2) is 30.3 Å². The molecule has 150 valence electrons. The fraction of sp³-hybridized carbons (Fsp3) is 0.318. The molecule has 29 heavy (non-hydrogen) atoms. The third kappa shape index (κ3) is 4.56. The predicted octanol–water partition coefficient (Wildman–Crippen LogP) is 3.56. The smallest absolute Gasteiger partial charge is 0.249 e. The average Bonchev–Trinajstić information content (AvgIpc) is 3.50. The van der Waals surface area contributed by atoms with Gasteiger partial charge in [-0.15, -0.1) is 0 Å². The van der Waals surface area contributed by atoms with Crippen LogP contribution in [0.15, 0.2) is 53.1 Å². The second-order valence-corrected chi connectivity index (χ2v) is 7.08. The Balaban J connectivity index is 1.61. The van der Waals surface area contributed by atoms with Crippen LogP contribution in [-0.2, 0) is 11.2 Å². The van der Waals surface area contributed by atoms with Gasteiger partial charge in [-0.2, -0.15) is 4.98 Å². The Kier molecular flexibility index (Phi) is 5.46. The number of methoxy groups -OCH3 is 2. The van der Waals surface area contributed by atoms with Crippen LogP contribution >= 0.6 is 0 Å². The Morgan fingerprint density at radius 3 is 2.45 bits per heavy atom. The summed E-state index contributed by atoms with van der Waals surface area (Å²) in [6, 6.07) is 14.9. The summed E-state index contributed by atoms with van der Waals surface area (Å²) in [4.78, 5) is 16.9. The van der Waals surface area contributed by atoms with E-state index >= 15 is 0 Å². The quantitative estimate of drug-likeness (QED) is 0.630. The van der Waals surface area contributed by atoms with Crippen LogP contribution in [0.4, 0.5) is 0 Å². The molecule has 1 fully saturated rings. The number of aromatic nitrogens is 2. The third-order valence-corrected chi connectivity index (χ3v) is 4.90. The Morgan fingerprint density at radius 2 is 1.83 bits per heavy atom. The van der Waals surface area contributed by atoms with Crippen LogP contribution in [0, 0.1) is 5.92 Å². The van der Waals surface area contributed by atoms with Crippen molar-refractivity contribution >= 4 is 5.91 Å². The van der Waals surface area contributed by atoms with Gasteiger partial charge in [-0.05, 0) is 30.5 Å². The molecule has 0 radical (unpaired) electrons. The maximum Gasteiger partial charge on any atom is 0.249 e. The highest BCUT2D eigenvalue weighted by Gasteiger charge is 2.32. The lowest BCUT2D eigenvalue weighted by atomic mass is 10.1. The number of rotatable bonds is 8. The van der Waals surface area contributed by atoms with Gasteiger partial charge in [0, 0.05) is 24.0 Å². The Labute approximate surface area is 169 Å². The molecule has 2 aromatic carbocycles. The largest absolute Gasteiger partial charge is 0.497 e. The second kappa shape index (κ2) is 8.34. The fourth-order valence-electron chi connectivity index (χ4n) is 3.12. The molecule has 0 aliphatic heterocycles. The lowest BCUT2D eigenvalue weighted by Crippen LogP contribution is -2.31. The van der Waals surface area contributed by atoms with E-state index in [9.17, 15) is 4.79 Å². The second-order valence-electron chi connectivity index (χ2n) is 7.08. The number of hydrogen-bond acceptors (Lipinski definition) is 6. The Morgan fingerprint density at radius 1 is 1.14 bits per heavy atom. The van der Waals surface area contributed by atoms with Crippen molar-refractivity contribution in [2.45, 2.75) is 25.3 Å². The first-order chi connectivity index (χ1) is 14.2. The van der Waals surface area contributed by atoms with Gasteiger partial charge in [-0.25, -0.2) is 0 Å². The van der Waals surface area contributed by atoms with E-state index in [0.29, 0.717) is 35.2 Å². The molecule has 1 aliphatic carbocycles. The fourth-order valence-corrected chi connectivity index (χ4v) is 3.12. The van der Waals surface area contributed by atoms with E-state index in [1.807, 2.05) is 42.5 Å². The van der Waals surface area contributed by atoms with E-state index in [-0.39, 0.29) is 17.9 Å². The molecular weight excluding hydrogens is 370 g/mol. The van der Waals surface area contributed by atoms with Crippen molar-refractivity contribution in [1.82, 2.24) is 15.5 Å². The highest BCUT2D eigenvalue weighted by molar-refractivity contribution is 5.81. The van der Waals surface area contributed by atoms with Crippen LogP contribution in [0.5, 0.6) is 11.5 Å². The number of hydrogen-bond donors (Lipinski definition) is 1. The van der Waals surface area contributed by atoms with Crippen molar-refractivity contribution in [3.05, 3.63) is 60.0 Å². The molecule has 1 heterocycles. The molecule has 1 aromatic heterocycles. The Bertz CT molecular complexity index is 960. The minimum absolute atomic E-state index is 0.0359. The molecule has 0 unspecified atom stereocenters. The standard InChI is InChI=1S/C22H23N3O4/c1-27-17-11-16(12-18(13-17)28-2)20-24-22(29-25-20)19(23-21(26)15-8-9-15)10-14-6-4-3-5-7-14/h3-7,11-13,15,19H,8-10H2,1-2H3,(H,23,26)/t19-/m1/s1. The van der Waals surface area contributed by atoms with Crippen molar-refractivity contribution in [2.24, 2.45) is 5.92 Å². The molecular formula is C22H23N3O4. The highest BCUT2D eigenvalue weighted by Crippen LogP contribution is 2.31. The number of carbonyl (C=O) groups excluding carboxylic acids is 1. The molecule has 1 aliphatic rings. The number of carbonyl (C=O) groups is 1. The third-order valence-electron chi connectivity index (χ3n) is 4.90. The molecule has 7 heteroatoms. The summed E-state index contributed by atoms with van der Waals surface area (Å²) in [5, 5.41) is 7.19. The molecule has 4 rings (SSSR count). The zero-order valence-electron chi connectivity index (χ0n) is 16.4. The van der Waals surface area contributed by atoms with E-state index in [4.69, 9.17) is 14.0 Å².